The summed E-state index contributed by atoms with van der Waals surface area (Å²) in [7, 11) is 0. The van der Waals surface area contributed by atoms with Crippen LogP contribution in [0.3, 0.4) is 0 Å². The molecule has 6 heteroatoms. The fraction of sp³-hybridized carbons (Fsp3) is 0.400. The maximum Gasteiger partial charge on any atom is 0.151 e. The number of hydrogen-bond donors (Lipinski definition) is 0. The molecule has 0 aliphatic rings. The first-order valence-electron chi connectivity index (χ1n) is 3.97. The molecule has 0 bridgehead atoms. The Hall–Kier alpha value is -0.906. The Bertz CT molecular complexity index is 232. The average Bonchev–Trinajstić information content (AvgIpc) is 1.79. The average molecular weight is 263 g/mol. The second kappa shape index (κ2) is 14.1. The predicted molar refractivity (Wildman–Crippen MR) is 50.8 cm³/mol. The van der Waals surface area contributed by atoms with Gasteiger partial charge in [-0.05, 0) is 26.0 Å². The van der Waals surface area contributed by atoms with Gasteiger partial charge < -0.3 is 15.7 Å². The second-order valence-electron chi connectivity index (χ2n) is 2.73. The molecule has 0 rings (SSSR count). The molecule has 0 unspecified atom stereocenters. The van der Waals surface area contributed by atoms with Gasteiger partial charge in [0, 0.05) is 21.7 Å². The molecule has 92 valence electrons. The van der Waals surface area contributed by atoms with E-state index < -0.39 is 0 Å². The fourth-order valence-electron chi connectivity index (χ4n) is 0.572. The van der Waals surface area contributed by atoms with E-state index in [0.29, 0.717) is 0 Å². The molecule has 0 heterocycles. The molecular weight excluding hydrogens is 248 g/mol. The first-order valence-corrected chi connectivity index (χ1v) is 3.97. The maximum atomic E-state index is 9.98. The van der Waals surface area contributed by atoms with Crippen molar-refractivity contribution in [3.8, 4) is 0 Å². The molecule has 1 N–H and O–H groups in total. The summed E-state index contributed by atoms with van der Waals surface area (Å²) < 4.78 is 0. The molecule has 0 saturated heterocycles. The van der Waals surface area contributed by atoms with Crippen LogP contribution in [-0.4, -0.2) is 17.0 Å². The number of carbonyl (C=O) groups is 2. The van der Waals surface area contributed by atoms with Crippen LogP contribution in [0, 0.1) is 0 Å². The zero-order valence-electron chi connectivity index (χ0n) is 9.73. The zero-order chi connectivity index (χ0) is 11.7. The maximum absolute atomic E-state index is 9.98. The molecule has 16 heavy (non-hydrogen) atoms. The van der Waals surface area contributed by atoms with Crippen LogP contribution < -0.4 is 10.2 Å². The van der Waals surface area contributed by atoms with Gasteiger partial charge in [-0.1, -0.05) is 13.8 Å². The van der Waals surface area contributed by atoms with E-state index in [-0.39, 0.29) is 50.3 Å². The summed E-state index contributed by atoms with van der Waals surface area (Å²) in [6.45, 7) is 5.39. The van der Waals surface area contributed by atoms with Crippen molar-refractivity contribution in [2.45, 2.75) is 27.7 Å². The summed E-state index contributed by atoms with van der Waals surface area (Å²) >= 11 is 0. The Labute approximate surface area is 110 Å². The van der Waals surface area contributed by atoms with Gasteiger partial charge in [-0.2, -0.15) is 0 Å². The van der Waals surface area contributed by atoms with Gasteiger partial charge in [0.15, 0.2) is 11.6 Å². The largest absolute Gasteiger partial charge is 0.876 e. The predicted octanol–water partition coefficient (Wildman–Crippen LogP) is -0.500. The molecule has 0 spiro atoms. The minimum atomic E-state index is -0.187. The van der Waals surface area contributed by atoms with Gasteiger partial charge in [0.25, 0.3) is 0 Å². The van der Waals surface area contributed by atoms with Crippen molar-refractivity contribution in [3.63, 3.8) is 0 Å². The van der Waals surface area contributed by atoms with Crippen molar-refractivity contribution < 1.29 is 47.0 Å². The minimum absolute atomic E-state index is 0. The number of ketones is 2. The van der Waals surface area contributed by atoms with E-state index in [1.54, 1.807) is 0 Å². The molecule has 0 aromatic heterocycles. The van der Waals surface area contributed by atoms with Crippen LogP contribution in [0.1, 0.15) is 27.7 Å². The topological polar surface area (TPSA) is 110 Å². The molecule has 0 atom stereocenters. The zero-order valence-corrected chi connectivity index (χ0v) is 11.3. The van der Waals surface area contributed by atoms with Gasteiger partial charge in [-0.15, -0.1) is 11.5 Å². The summed E-state index contributed by atoms with van der Waals surface area (Å²) in [4.78, 5) is 20.0. The quantitative estimate of drug-likeness (QED) is 0.379. The van der Waals surface area contributed by atoms with Crippen molar-refractivity contribution in [1.82, 2.24) is 0 Å². The Morgan fingerprint density at radius 1 is 0.812 bits per heavy atom. The van der Waals surface area contributed by atoms with Gasteiger partial charge in [-0.3, -0.25) is 9.59 Å². The van der Waals surface area contributed by atoms with Crippen molar-refractivity contribution in [3.05, 3.63) is 23.7 Å². The van der Waals surface area contributed by atoms with Crippen molar-refractivity contribution in [2.75, 3.05) is 0 Å². The number of allylic oxidation sites excluding steroid dienone is 4. The van der Waals surface area contributed by atoms with E-state index >= 15 is 0 Å². The first-order chi connectivity index (χ1) is 6.25. The normalized spacial score (nSPS) is 10.0. The third kappa shape index (κ3) is 38.1. The molecule has 0 amide bonds. The molecular formula is C10H15O5Ti-3. The minimum Gasteiger partial charge on any atom is -0.876 e. The van der Waals surface area contributed by atoms with Gasteiger partial charge in [0.1, 0.15) is 0 Å². The Kier molecular flexibility index (Phi) is 21.5. The third-order valence-corrected chi connectivity index (χ3v) is 0.813. The van der Waals surface area contributed by atoms with Crippen LogP contribution in [-0.2, 0) is 31.3 Å². The summed E-state index contributed by atoms with van der Waals surface area (Å²) in [6.07, 6.45) is 2.11. The van der Waals surface area contributed by atoms with Crippen LogP contribution in [0.25, 0.3) is 0 Å². The summed E-state index contributed by atoms with van der Waals surface area (Å²) in [5.74, 6) is -0.750. The smallest absolute Gasteiger partial charge is 0.151 e. The van der Waals surface area contributed by atoms with Crippen molar-refractivity contribution in [2.24, 2.45) is 0 Å². The monoisotopic (exact) mass is 263 g/mol. The molecule has 0 radical (unpaired) electrons. The number of carbonyl (C=O) groups excluding carboxylic acids is 2. The summed E-state index contributed by atoms with van der Waals surface area (Å²) in [5, 5.41) is 20.0. The van der Waals surface area contributed by atoms with Crippen molar-refractivity contribution in [1.29, 1.82) is 0 Å². The molecule has 0 aromatic carbocycles. The van der Waals surface area contributed by atoms with Crippen LogP contribution in [0.15, 0.2) is 23.7 Å². The molecule has 0 fully saturated rings. The Balaban J connectivity index is -0.0000000800. The number of rotatable bonds is 2. The second-order valence-corrected chi connectivity index (χ2v) is 2.73. The van der Waals surface area contributed by atoms with E-state index in [1.807, 2.05) is 0 Å². The standard InChI is InChI=1S/2C5H8O2.H2O.Ti/c2*1-4(6)3-5(2)7;;/h2*3,6H,1-2H3;1H2;/p-3. The van der Waals surface area contributed by atoms with E-state index in [9.17, 15) is 19.8 Å². The van der Waals surface area contributed by atoms with Gasteiger partial charge in [0.05, 0.1) is 0 Å². The van der Waals surface area contributed by atoms with E-state index in [1.165, 1.54) is 27.7 Å². The van der Waals surface area contributed by atoms with Crippen molar-refractivity contribution >= 4 is 11.6 Å². The number of hydrogen-bond acceptors (Lipinski definition) is 5. The van der Waals surface area contributed by atoms with E-state index in [2.05, 4.69) is 0 Å². The molecule has 0 aliphatic heterocycles. The molecule has 0 aromatic rings. The SMILES string of the molecule is CC(=O)C=C(C)[O-].CC(=O)C=C(C)[O-].[OH-].[Ti]. The molecule has 5 nitrogen and oxygen atoms in total. The fourth-order valence-corrected chi connectivity index (χ4v) is 0.572. The summed E-state index contributed by atoms with van der Waals surface area (Å²) in [6, 6.07) is 0. The summed E-state index contributed by atoms with van der Waals surface area (Å²) in [5.41, 5.74) is 0. The Morgan fingerprint density at radius 2 is 1.00 bits per heavy atom. The van der Waals surface area contributed by atoms with Gasteiger partial charge in [-0.25, -0.2) is 0 Å². The third-order valence-electron chi connectivity index (χ3n) is 0.813. The van der Waals surface area contributed by atoms with Crippen LogP contribution in [0.5, 0.6) is 0 Å². The van der Waals surface area contributed by atoms with Crippen LogP contribution in [0.4, 0.5) is 0 Å². The Morgan fingerprint density at radius 3 is 1.00 bits per heavy atom. The first kappa shape index (κ1) is 24.4. The van der Waals surface area contributed by atoms with Gasteiger partial charge >= 0.3 is 0 Å². The van der Waals surface area contributed by atoms with Gasteiger partial charge in [0.2, 0.25) is 0 Å². The molecule has 0 aliphatic carbocycles. The van der Waals surface area contributed by atoms with E-state index in [4.69, 9.17) is 0 Å². The van der Waals surface area contributed by atoms with Crippen LogP contribution >= 0.6 is 0 Å². The van der Waals surface area contributed by atoms with Crippen LogP contribution in [0.2, 0.25) is 0 Å². The molecule has 0 saturated carbocycles. The van der Waals surface area contributed by atoms with E-state index in [0.717, 1.165) is 12.2 Å².